The molecule has 0 aliphatic carbocycles. The molecule has 0 saturated carbocycles. The summed E-state index contributed by atoms with van der Waals surface area (Å²) in [6, 6.07) is 24.1. The molecule has 0 radical (unpaired) electrons. The smallest absolute Gasteiger partial charge is 0.164 e. The minimum Gasteiger partial charge on any atom is -0.268 e. The fourth-order valence-corrected chi connectivity index (χ4v) is 4.73. The van der Waals surface area contributed by atoms with E-state index in [2.05, 4.69) is 0 Å². The highest BCUT2D eigenvalue weighted by atomic mass is 32.3. The Hall–Kier alpha value is -2.12. The summed E-state index contributed by atoms with van der Waals surface area (Å²) >= 11 is 0. The molecule has 3 aromatic rings. The van der Waals surface area contributed by atoms with Crippen LogP contribution in [-0.2, 0) is 33.4 Å². The maximum atomic E-state index is 13.1. The van der Waals surface area contributed by atoms with Crippen LogP contribution in [0.5, 0.6) is 0 Å². The van der Waals surface area contributed by atoms with E-state index >= 15 is 0 Å². The van der Waals surface area contributed by atoms with Gasteiger partial charge in [0.25, 0.3) is 0 Å². The predicted molar refractivity (Wildman–Crippen MR) is 108 cm³/mol. The zero-order chi connectivity index (χ0) is 19.2. The van der Waals surface area contributed by atoms with Crippen LogP contribution in [0.2, 0.25) is 0 Å². The van der Waals surface area contributed by atoms with E-state index in [9.17, 15) is 8.42 Å². The van der Waals surface area contributed by atoms with Crippen molar-refractivity contribution >= 4 is 22.0 Å². The largest absolute Gasteiger partial charge is 0.268 e. The molecular formula is C21H21NO3S2. The van der Waals surface area contributed by atoms with Gasteiger partial charge in [0.05, 0.1) is 16.4 Å². The van der Waals surface area contributed by atoms with E-state index in [1.807, 2.05) is 68.4 Å². The van der Waals surface area contributed by atoms with Crippen molar-refractivity contribution in [3.63, 3.8) is 0 Å². The standard InChI is InChI=1S/C21H21NO3S2/c1-17-8-12-20(13-9-17)26(23)22(25-16-19-6-4-3-5-7-19)27(24)21-14-10-18(2)11-15-21/h3-15H,16H2,1-2H3. The molecule has 0 bridgehead atoms. The number of nitrogens with zero attached hydrogens (tertiary/aromatic N) is 1. The van der Waals surface area contributed by atoms with Crippen LogP contribution in [0.25, 0.3) is 0 Å². The average Bonchev–Trinajstić information content (AvgIpc) is 2.69. The zero-order valence-electron chi connectivity index (χ0n) is 15.2. The Labute approximate surface area is 164 Å². The maximum absolute atomic E-state index is 13.1. The number of hydrogen-bond donors (Lipinski definition) is 0. The van der Waals surface area contributed by atoms with Crippen molar-refractivity contribution in [2.24, 2.45) is 0 Å². The normalized spacial score (nSPS) is 13.4. The molecule has 0 heterocycles. The van der Waals surface area contributed by atoms with Crippen LogP contribution in [0, 0.1) is 13.8 Å². The number of hydrogen-bond acceptors (Lipinski definition) is 3. The first-order valence-corrected chi connectivity index (χ1v) is 10.7. The fourth-order valence-electron chi connectivity index (χ4n) is 2.34. The van der Waals surface area contributed by atoms with Crippen LogP contribution in [0.1, 0.15) is 16.7 Å². The summed E-state index contributed by atoms with van der Waals surface area (Å²) in [4.78, 5) is 6.83. The predicted octanol–water partition coefficient (Wildman–Crippen LogP) is 4.48. The Bertz CT molecular complexity index is 868. The first kappa shape index (κ1) is 19.6. The van der Waals surface area contributed by atoms with Crippen LogP contribution >= 0.6 is 0 Å². The van der Waals surface area contributed by atoms with Gasteiger partial charge < -0.3 is 0 Å². The van der Waals surface area contributed by atoms with Crippen LogP contribution < -0.4 is 0 Å². The highest BCUT2D eigenvalue weighted by Crippen LogP contribution is 2.20. The van der Waals surface area contributed by atoms with Gasteiger partial charge in [-0.05, 0) is 47.6 Å². The third-order valence-corrected chi connectivity index (χ3v) is 6.81. The summed E-state index contributed by atoms with van der Waals surface area (Å²) in [5, 5.41) is 0. The van der Waals surface area contributed by atoms with Crippen molar-refractivity contribution < 1.29 is 13.3 Å². The van der Waals surface area contributed by atoms with Crippen LogP contribution in [-0.4, -0.2) is 12.3 Å². The molecule has 3 aromatic carbocycles. The lowest BCUT2D eigenvalue weighted by Crippen LogP contribution is -2.28. The highest BCUT2D eigenvalue weighted by Gasteiger charge is 2.25. The summed E-state index contributed by atoms with van der Waals surface area (Å²) < 4.78 is 27.2. The van der Waals surface area contributed by atoms with Gasteiger partial charge in [-0.3, -0.25) is 4.84 Å². The molecule has 0 fully saturated rings. The molecule has 2 unspecified atom stereocenters. The van der Waals surface area contributed by atoms with Gasteiger partial charge in [0.2, 0.25) is 0 Å². The molecule has 0 aliphatic rings. The summed E-state index contributed by atoms with van der Waals surface area (Å²) in [6.07, 6.45) is 0. The lowest BCUT2D eigenvalue weighted by molar-refractivity contribution is -0.0199. The van der Waals surface area contributed by atoms with Gasteiger partial charge in [0, 0.05) is 0 Å². The third kappa shape index (κ3) is 5.20. The second-order valence-corrected chi connectivity index (χ2v) is 8.94. The van der Waals surface area contributed by atoms with E-state index in [1.54, 1.807) is 24.3 Å². The van der Waals surface area contributed by atoms with E-state index in [4.69, 9.17) is 4.84 Å². The van der Waals surface area contributed by atoms with Crippen molar-refractivity contribution in [1.29, 1.82) is 0 Å². The van der Waals surface area contributed by atoms with Crippen LogP contribution in [0.3, 0.4) is 0 Å². The Balaban J connectivity index is 1.87. The molecule has 6 heteroatoms. The molecule has 0 saturated heterocycles. The molecule has 0 N–H and O–H groups in total. The van der Waals surface area contributed by atoms with E-state index in [-0.39, 0.29) is 6.61 Å². The third-order valence-electron chi connectivity index (χ3n) is 3.90. The number of benzene rings is 3. The molecule has 4 nitrogen and oxygen atoms in total. The van der Waals surface area contributed by atoms with Crippen molar-refractivity contribution in [2.45, 2.75) is 30.2 Å². The topological polar surface area (TPSA) is 46.6 Å². The molecule has 27 heavy (non-hydrogen) atoms. The number of rotatable bonds is 7. The van der Waals surface area contributed by atoms with Gasteiger partial charge in [-0.15, -0.1) is 0 Å². The van der Waals surface area contributed by atoms with Gasteiger partial charge in [-0.2, -0.15) is 0 Å². The Morgan fingerprint density at radius 3 is 1.59 bits per heavy atom. The van der Waals surface area contributed by atoms with E-state index in [0.29, 0.717) is 9.79 Å². The van der Waals surface area contributed by atoms with Crippen LogP contribution in [0.4, 0.5) is 0 Å². The van der Waals surface area contributed by atoms with E-state index in [0.717, 1.165) is 20.6 Å². The monoisotopic (exact) mass is 399 g/mol. The minimum absolute atomic E-state index is 0.177. The molecular weight excluding hydrogens is 378 g/mol. The lowest BCUT2D eigenvalue weighted by atomic mass is 10.2. The lowest BCUT2D eigenvalue weighted by Gasteiger charge is -2.19. The van der Waals surface area contributed by atoms with Gasteiger partial charge in [0.15, 0.2) is 22.0 Å². The average molecular weight is 400 g/mol. The van der Waals surface area contributed by atoms with Gasteiger partial charge in [0.1, 0.15) is 0 Å². The second-order valence-electron chi connectivity index (χ2n) is 6.11. The molecule has 3 rings (SSSR count). The summed E-state index contributed by atoms with van der Waals surface area (Å²) in [7, 11) is -3.46. The minimum atomic E-state index is -1.73. The van der Waals surface area contributed by atoms with Gasteiger partial charge in [-0.25, -0.2) is 8.42 Å². The Morgan fingerprint density at radius 1 is 0.704 bits per heavy atom. The Kier molecular flexibility index (Phi) is 6.68. The summed E-state index contributed by atoms with van der Waals surface area (Å²) in [6.45, 7) is 4.09. The summed E-state index contributed by atoms with van der Waals surface area (Å²) in [5.41, 5.74) is 3.03. The van der Waals surface area contributed by atoms with Crippen molar-refractivity contribution in [2.75, 3.05) is 0 Å². The van der Waals surface area contributed by atoms with E-state index < -0.39 is 22.0 Å². The van der Waals surface area contributed by atoms with E-state index in [1.165, 1.54) is 0 Å². The Morgan fingerprint density at radius 2 is 1.15 bits per heavy atom. The molecule has 140 valence electrons. The molecule has 0 amide bonds. The number of aryl methyl sites for hydroxylation is 2. The summed E-state index contributed by atoms with van der Waals surface area (Å²) in [5.74, 6) is 0. The highest BCUT2D eigenvalue weighted by molar-refractivity contribution is 7.97. The molecule has 0 aliphatic heterocycles. The van der Waals surface area contributed by atoms with Crippen molar-refractivity contribution in [1.82, 2.24) is 3.87 Å². The quantitative estimate of drug-likeness (QED) is 0.550. The van der Waals surface area contributed by atoms with Gasteiger partial charge >= 0.3 is 0 Å². The van der Waals surface area contributed by atoms with Gasteiger partial charge in [-0.1, -0.05) is 65.7 Å². The molecule has 2 atom stereocenters. The van der Waals surface area contributed by atoms with Crippen LogP contribution in [0.15, 0.2) is 88.7 Å². The maximum Gasteiger partial charge on any atom is 0.164 e. The van der Waals surface area contributed by atoms with Crippen molar-refractivity contribution in [3.8, 4) is 0 Å². The molecule has 0 aromatic heterocycles. The van der Waals surface area contributed by atoms with Crippen molar-refractivity contribution in [3.05, 3.63) is 95.6 Å². The SMILES string of the molecule is Cc1ccc(S(=O)N(OCc2ccccc2)S(=O)c2ccc(C)cc2)cc1. The molecule has 0 spiro atoms. The zero-order valence-corrected chi connectivity index (χ0v) is 16.8. The second kappa shape index (κ2) is 9.19. The first-order valence-electron chi connectivity index (χ1n) is 8.48. The first-order chi connectivity index (χ1) is 13.0. The fraction of sp³-hybridized carbons (Fsp3) is 0.143.